The molecular formula is C19H22ClNO6. The van der Waals surface area contributed by atoms with Crippen molar-refractivity contribution in [1.82, 2.24) is 4.90 Å². The minimum atomic E-state index is -1.31. The first-order chi connectivity index (χ1) is 12.8. The van der Waals surface area contributed by atoms with Gasteiger partial charge in [0.1, 0.15) is 5.76 Å². The van der Waals surface area contributed by atoms with E-state index in [1.54, 1.807) is 0 Å². The lowest BCUT2D eigenvalue weighted by Gasteiger charge is -2.50. The number of hydrogen-bond donors (Lipinski definition) is 0. The van der Waals surface area contributed by atoms with E-state index in [9.17, 15) is 14.4 Å². The molecule has 2 fully saturated rings. The molecule has 8 heteroatoms. The topological polar surface area (TPSA) is 82.1 Å². The van der Waals surface area contributed by atoms with Crippen molar-refractivity contribution in [3.05, 3.63) is 23.4 Å². The van der Waals surface area contributed by atoms with Crippen molar-refractivity contribution >= 4 is 29.0 Å². The van der Waals surface area contributed by atoms with Gasteiger partial charge in [-0.05, 0) is 26.4 Å². The quantitative estimate of drug-likeness (QED) is 0.524. The number of methoxy groups -OCH3 is 3. The summed E-state index contributed by atoms with van der Waals surface area (Å²) in [6.45, 7) is 0.532. The number of nitrogens with zero attached hydrogens (tertiary/aromatic N) is 1. The maximum absolute atomic E-state index is 13.6. The fraction of sp³-hybridized carbons (Fsp3) is 0.632. The van der Waals surface area contributed by atoms with Crippen LogP contribution in [0.4, 0.5) is 0 Å². The Balaban J connectivity index is 2.07. The van der Waals surface area contributed by atoms with Crippen LogP contribution >= 0.6 is 11.6 Å². The Hall–Kier alpha value is -1.86. The molecule has 4 rings (SSSR count). The van der Waals surface area contributed by atoms with Crippen LogP contribution in [0.1, 0.15) is 19.3 Å². The van der Waals surface area contributed by atoms with Gasteiger partial charge in [-0.25, -0.2) is 0 Å². The van der Waals surface area contributed by atoms with Gasteiger partial charge in [-0.3, -0.25) is 19.3 Å². The summed E-state index contributed by atoms with van der Waals surface area (Å²) in [6.07, 6.45) is 2.26. The van der Waals surface area contributed by atoms with Crippen molar-refractivity contribution in [3.8, 4) is 0 Å². The molecule has 1 saturated carbocycles. The van der Waals surface area contributed by atoms with Crippen LogP contribution in [-0.2, 0) is 28.6 Å². The third-order valence-corrected chi connectivity index (χ3v) is 7.71. The summed E-state index contributed by atoms with van der Waals surface area (Å²) in [5.41, 5.74) is -3.54. The van der Waals surface area contributed by atoms with Crippen LogP contribution in [0.25, 0.3) is 0 Å². The molecule has 3 aliphatic carbocycles. The monoisotopic (exact) mass is 395 g/mol. The first-order valence-electron chi connectivity index (χ1n) is 8.84. The lowest BCUT2D eigenvalue weighted by Crippen LogP contribution is -2.65. The van der Waals surface area contributed by atoms with Gasteiger partial charge in [-0.1, -0.05) is 0 Å². The number of halogens is 1. The van der Waals surface area contributed by atoms with Gasteiger partial charge in [-0.15, -0.1) is 11.6 Å². The number of carbonyl (C=O) groups excluding carboxylic acids is 3. The second kappa shape index (κ2) is 5.58. The smallest absolute Gasteiger partial charge is 0.267 e. The summed E-state index contributed by atoms with van der Waals surface area (Å²) in [5, 5.41) is -0.658. The fourth-order valence-electron chi connectivity index (χ4n) is 6.13. The zero-order chi connectivity index (χ0) is 19.8. The number of rotatable bonds is 3. The highest BCUT2D eigenvalue weighted by Gasteiger charge is 2.84. The van der Waals surface area contributed by atoms with Crippen molar-refractivity contribution in [2.24, 2.45) is 10.8 Å². The molecule has 0 radical (unpaired) electrons. The molecular weight excluding hydrogens is 374 g/mol. The Morgan fingerprint density at radius 2 is 1.85 bits per heavy atom. The first-order valence-corrected chi connectivity index (χ1v) is 9.28. The minimum absolute atomic E-state index is 0.0989. The average molecular weight is 396 g/mol. The van der Waals surface area contributed by atoms with Crippen molar-refractivity contribution in [2.75, 3.05) is 34.9 Å². The van der Waals surface area contributed by atoms with Crippen LogP contribution in [-0.4, -0.2) is 68.1 Å². The molecule has 0 unspecified atom stereocenters. The highest BCUT2D eigenvalue weighted by molar-refractivity contribution is 6.47. The molecule has 7 nitrogen and oxygen atoms in total. The first kappa shape index (κ1) is 18.5. The van der Waals surface area contributed by atoms with Crippen LogP contribution in [0.5, 0.6) is 0 Å². The maximum Gasteiger partial charge on any atom is 0.267 e. The molecule has 1 saturated heterocycles. The average Bonchev–Trinajstić information content (AvgIpc) is 3.22. The van der Waals surface area contributed by atoms with Gasteiger partial charge in [0, 0.05) is 12.5 Å². The lowest BCUT2D eigenvalue weighted by molar-refractivity contribution is -0.157. The van der Waals surface area contributed by atoms with Gasteiger partial charge >= 0.3 is 0 Å². The van der Waals surface area contributed by atoms with Crippen molar-refractivity contribution < 1.29 is 28.6 Å². The van der Waals surface area contributed by atoms with Crippen LogP contribution in [0.2, 0.25) is 0 Å². The van der Waals surface area contributed by atoms with E-state index in [1.165, 1.54) is 27.4 Å². The number of alkyl halides is 1. The Morgan fingerprint density at radius 1 is 1.15 bits per heavy atom. The number of likely N-dealkylation sites (N-methyl/N-ethyl adjacent to an activating group) is 1. The molecule has 146 valence electrons. The standard InChI is InChI=1S/C19H22ClNO6/c1-21-6-5-18-15(24)13(23)14(26-3)16(27-4)19(18,21)9-11(20)17(18)8-10(25-2)7-12(17)22/h7,11H,5-6,8-9H2,1-4H3/t11-,17+,18+,19-/m0/s1. The maximum atomic E-state index is 13.6. The van der Waals surface area contributed by atoms with E-state index in [0.29, 0.717) is 25.1 Å². The summed E-state index contributed by atoms with van der Waals surface area (Å²) in [6, 6.07) is 0. The van der Waals surface area contributed by atoms with Gasteiger partial charge in [0.25, 0.3) is 5.78 Å². The molecule has 27 heavy (non-hydrogen) atoms. The van der Waals surface area contributed by atoms with E-state index < -0.39 is 33.3 Å². The van der Waals surface area contributed by atoms with Crippen LogP contribution in [0.15, 0.2) is 23.4 Å². The zero-order valence-corrected chi connectivity index (χ0v) is 16.5. The van der Waals surface area contributed by atoms with E-state index in [4.69, 9.17) is 25.8 Å². The molecule has 4 atom stereocenters. The van der Waals surface area contributed by atoms with Gasteiger partial charge in [-0.2, -0.15) is 0 Å². The van der Waals surface area contributed by atoms with E-state index in [0.717, 1.165) is 0 Å². The van der Waals surface area contributed by atoms with E-state index in [2.05, 4.69) is 0 Å². The van der Waals surface area contributed by atoms with E-state index in [1.807, 2.05) is 11.9 Å². The van der Waals surface area contributed by atoms with Crippen molar-refractivity contribution in [3.63, 3.8) is 0 Å². The van der Waals surface area contributed by atoms with Crippen molar-refractivity contribution in [1.29, 1.82) is 0 Å². The number of hydrogen-bond acceptors (Lipinski definition) is 7. The van der Waals surface area contributed by atoms with Crippen molar-refractivity contribution in [2.45, 2.75) is 30.2 Å². The second-order valence-corrected chi connectivity index (χ2v) is 8.19. The Morgan fingerprint density at radius 3 is 2.41 bits per heavy atom. The third kappa shape index (κ3) is 1.67. The molecule has 1 aliphatic heterocycles. The number of likely N-dealkylation sites (tertiary alicyclic amines) is 1. The zero-order valence-electron chi connectivity index (χ0n) is 15.8. The fourth-order valence-corrected chi connectivity index (χ4v) is 6.72. The molecule has 1 spiro atoms. The molecule has 0 aromatic heterocycles. The predicted octanol–water partition coefficient (Wildman–Crippen LogP) is 1.20. The highest BCUT2D eigenvalue weighted by atomic mass is 35.5. The number of carbonyl (C=O) groups is 3. The molecule has 0 bridgehead atoms. The Labute approximate surface area is 162 Å². The summed E-state index contributed by atoms with van der Waals surface area (Å²) in [7, 11) is 6.14. The molecule has 1 heterocycles. The van der Waals surface area contributed by atoms with Crippen LogP contribution in [0.3, 0.4) is 0 Å². The molecule has 0 amide bonds. The Kier molecular flexibility index (Phi) is 3.82. The molecule has 0 aromatic rings. The summed E-state index contributed by atoms with van der Waals surface area (Å²) in [4.78, 5) is 41.8. The van der Waals surface area contributed by atoms with Gasteiger partial charge in [0.05, 0.1) is 43.1 Å². The number of ketones is 3. The highest BCUT2D eigenvalue weighted by Crippen LogP contribution is 2.73. The molecule has 0 aromatic carbocycles. The summed E-state index contributed by atoms with van der Waals surface area (Å²) < 4.78 is 16.3. The molecule has 0 N–H and O–H groups in total. The second-order valence-electron chi connectivity index (χ2n) is 7.66. The largest absolute Gasteiger partial charge is 0.501 e. The summed E-state index contributed by atoms with van der Waals surface area (Å²) in [5.74, 6) is -0.968. The van der Waals surface area contributed by atoms with Crippen LogP contribution in [0, 0.1) is 10.8 Å². The van der Waals surface area contributed by atoms with Gasteiger partial charge in [0.2, 0.25) is 11.5 Å². The summed E-state index contributed by atoms with van der Waals surface area (Å²) >= 11 is 6.83. The lowest BCUT2D eigenvalue weighted by atomic mass is 9.52. The third-order valence-electron chi connectivity index (χ3n) is 7.19. The van der Waals surface area contributed by atoms with Gasteiger partial charge < -0.3 is 14.2 Å². The minimum Gasteiger partial charge on any atom is -0.501 e. The van der Waals surface area contributed by atoms with Gasteiger partial charge in [0.15, 0.2) is 11.5 Å². The normalized spacial score (nSPS) is 41.1. The number of Topliss-reactive ketones (excluding diaryl/α,β-unsaturated/α-hetero) is 2. The Bertz CT molecular complexity index is 834. The number of ether oxygens (including phenoxy) is 3. The van der Waals surface area contributed by atoms with Crippen LogP contribution < -0.4 is 0 Å². The van der Waals surface area contributed by atoms with E-state index in [-0.39, 0.29) is 23.7 Å². The SMILES string of the molecule is COC1=CC(=O)[C@@]2(C1)[C@@H](Cl)C[C@]13C(OC)=C(OC)C(=O)C(=O)[C@]21CCN3C. The van der Waals surface area contributed by atoms with E-state index >= 15 is 0 Å². The molecule has 4 aliphatic rings. The predicted molar refractivity (Wildman–Crippen MR) is 94.9 cm³/mol. The number of allylic oxidation sites excluding steroid dienone is 3.